The second kappa shape index (κ2) is 8.50. The number of hydrogen-bond donors (Lipinski definition) is 0. The Morgan fingerprint density at radius 3 is 1.59 bits per heavy atom. The van der Waals surface area contributed by atoms with Gasteiger partial charge >= 0.3 is 6.18 Å². The zero-order valence-electron chi connectivity index (χ0n) is 18.1. The second-order valence-electron chi connectivity index (χ2n) is 8.12. The predicted molar refractivity (Wildman–Crippen MR) is 117 cm³/mol. The van der Waals surface area contributed by atoms with Crippen LogP contribution in [0.15, 0.2) is 60.7 Å². The summed E-state index contributed by atoms with van der Waals surface area (Å²) in [4.78, 5) is 0. The highest BCUT2D eigenvalue weighted by Gasteiger charge is 2.43. The molecule has 0 atom stereocenters. The smallest absolute Gasteiger partial charge is 0.207 e. The first kappa shape index (κ1) is 24.6. The first-order chi connectivity index (χ1) is 17.4. The van der Waals surface area contributed by atoms with Gasteiger partial charge in [0.25, 0.3) is 0 Å². The lowest BCUT2D eigenvalue weighted by Crippen LogP contribution is -2.16. The van der Waals surface area contributed by atoms with Gasteiger partial charge in [-0.1, -0.05) is 36.4 Å². The molecule has 5 rings (SSSR count). The van der Waals surface area contributed by atoms with Gasteiger partial charge < -0.3 is 0 Å². The van der Waals surface area contributed by atoms with Crippen LogP contribution in [-0.2, 0) is 6.18 Å². The number of halogens is 10. The molecule has 37 heavy (non-hydrogen) atoms. The molecule has 10 heteroatoms. The molecular formula is C27H10F10. The summed E-state index contributed by atoms with van der Waals surface area (Å²) in [7, 11) is 0. The summed E-state index contributed by atoms with van der Waals surface area (Å²) in [6, 6.07) is 11.0. The number of hydrogen-bond acceptors (Lipinski definition) is 0. The van der Waals surface area contributed by atoms with Crippen molar-refractivity contribution < 1.29 is 43.9 Å². The molecule has 0 aliphatic carbocycles. The molecule has 0 radical (unpaired) electrons. The summed E-state index contributed by atoms with van der Waals surface area (Å²) < 4.78 is 141. The highest BCUT2D eigenvalue weighted by Crippen LogP contribution is 2.47. The van der Waals surface area contributed by atoms with Gasteiger partial charge in [-0.3, -0.25) is 0 Å². The van der Waals surface area contributed by atoms with E-state index in [-0.39, 0.29) is 32.7 Å². The number of fused-ring (bicyclic) bond motifs is 2. The van der Waals surface area contributed by atoms with Gasteiger partial charge in [-0.25, -0.2) is 30.7 Å². The van der Waals surface area contributed by atoms with Gasteiger partial charge in [-0.15, -0.1) is 0 Å². The summed E-state index contributed by atoms with van der Waals surface area (Å²) in [5.74, 6) is -13.2. The van der Waals surface area contributed by atoms with Crippen molar-refractivity contribution in [2.24, 2.45) is 0 Å². The summed E-state index contributed by atoms with van der Waals surface area (Å²) in [6.07, 6.45) is -5.74. The molecule has 0 bridgehead atoms. The molecule has 0 aliphatic rings. The minimum atomic E-state index is -5.74. The van der Waals surface area contributed by atoms with Crippen LogP contribution >= 0.6 is 0 Å². The Balaban J connectivity index is 2.01. The molecule has 5 aromatic carbocycles. The average Bonchev–Trinajstić information content (AvgIpc) is 2.83. The lowest BCUT2D eigenvalue weighted by atomic mass is 9.85. The summed E-state index contributed by atoms with van der Waals surface area (Å²) in [6.45, 7) is 0. The lowest BCUT2D eigenvalue weighted by molar-refractivity contribution is -0.143. The van der Waals surface area contributed by atoms with Crippen molar-refractivity contribution in [1.82, 2.24) is 0 Å². The van der Waals surface area contributed by atoms with Crippen molar-refractivity contribution in [2.75, 3.05) is 0 Å². The Morgan fingerprint density at radius 2 is 1.03 bits per heavy atom. The van der Waals surface area contributed by atoms with E-state index in [2.05, 4.69) is 0 Å². The van der Waals surface area contributed by atoms with Gasteiger partial charge in [0.15, 0.2) is 34.9 Å². The van der Waals surface area contributed by atoms with Crippen LogP contribution < -0.4 is 0 Å². The first-order valence-corrected chi connectivity index (χ1v) is 10.4. The second-order valence-corrected chi connectivity index (χ2v) is 8.12. The van der Waals surface area contributed by atoms with E-state index in [9.17, 15) is 35.1 Å². The molecular weight excluding hydrogens is 514 g/mol. The SMILES string of the molecule is Fc1ccc2c(-c3c(F)c(F)c(C(F)(F)F)c(F)c3F)c3ccccc3c(-c3ccc(F)c(F)c3)c2c1. The van der Waals surface area contributed by atoms with Crippen LogP contribution in [-0.4, -0.2) is 0 Å². The maximum Gasteiger partial charge on any atom is 0.422 e. The topological polar surface area (TPSA) is 0 Å². The van der Waals surface area contributed by atoms with Crippen molar-refractivity contribution in [2.45, 2.75) is 6.18 Å². The molecule has 0 aliphatic heterocycles. The lowest BCUT2D eigenvalue weighted by Gasteiger charge is -2.20. The van der Waals surface area contributed by atoms with Gasteiger partial charge in [-0.2, -0.15) is 13.2 Å². The van der Waals surface area contributed by atoms with Crippen LogP contribution in [0.25, 0.3) is 43.8 Å². The van der Waals surface area contributed by atoms with E-state index in [1.807, 2.05) is 0 Å². The summed E-state index contributed by atoms with van der Waals surface area (Å²) >= 11 is 0. The van der Waals surface area contributed by atoms with E-state index in [1.165, 1.54) is 30.3 Å². The van der Waals surface area contributed by atoms with Gasteiger partial charge in [0.2, 0.25) is 0 Å². The van der Waals surface area contributed by atoms with Gasteiger partial charge in [0, 0.05) is 5.56 Å². The number of rotatable bonds is 2. The molecule has 188 valence electrons. The average molecular weight is 524 g/mol. The van der Waals surface area contributed by atoms with E-state index < -0.39 is 63.6 Å². The molecule has 5 aromatic rings. The molecule has 0 fully saturated rings. The molecule has 0 unspecified atom stereocenters. The van der Waals surface area contributed by atoms with E-state index >= 15 is 8.78 Å². The molecule has 0 amide bonds. The Morgan fingerprint density at radius 1 is 0.459 bits per heavy atom. The van der Waals surface area contributed by atoms with E-state index in [4.69, 9.17) is 0 Å². The van der Waals surface area contributed by atoms with Crippen molar-refractivity contribution >= 4 is 21.5 Å². The minimum Gasteiger partial charge on any atom is -0.207 e. The predicted octanol–water partition coefficient (Wildman–Crippen LogP) is 9.32. The van der Waals surface area contributed by atoms with Crippen LogP contribution in [0.3, 0.4) is 0 Å². The monoisotopic (exact) mass is 524 g/mol. The Labute approximate surface area is 201 Å². The van der Waals surface area contributed by atoms with Crippen molar-refractivity contribution in [3.8, 4) is 22.3 Å². The van der Waals surface area contributed by atoms with Crippen LogP contribution in [0.2, 0.25) is 0 Å². The van der Waals surface area contributed by atoms with Crippen molar-refractivity contribution in [3.63, 3.8) is 0 Å². The summed E-state index contributed by atoms with van der Waals surface area (Å²) in [5.41, 5.74) is -4.61. The fourth-order valence-corrected chi connectivity index (χ4v) is 4.48. The fourth-order valence-electron chi connectivity index (χ4n) is 4.48. The molecule has 0 heterocycles. The van der Waals surface area contributed by atoms with Crippen molar-refractivity contribution in [1.29, 1.82) is 0 Å². The first-order valence-electron chi connectivity index (χ1n) is 10.4. The fraction of sp³-hybridized carbons (Fsp3) is 0.0370. The molecule has 0 saturated heterocycles. The molecule has 0 N–H and O–H groups in total. The standard InChI is InChI=1S/C27H10F10/c28-12-6-7-15-16(10-12)19(11-5-8-17(29)18(30)9-11)13-3-1-2-4-14(13)20(15)21-23(31)25(33)22(27(35,36)37)26(34)24(21)32/h1-10H. The van der Waals surface area contributed by atoms with Crippen LogP contribution in [0.5, 0.6) is 0 Å². The minimum absolute atomic E-state index is 0.0305. The third-order valence-corrected chi connectivity index (χ3v) is 5.99. The highest BCUT2D eigenvalue weighted by atomic mass is 19.4. The number of benzene rings is 5. The van der Waals surface area contributed by atoms with Gasteiger partial charge in [0.1, 0.15) is 11.4 Å². The Bertz CT molecular complexity index is 1710. The van der Waals surface area contributed by atoms with E-state index in [1.54, 1.807) is 0 Å². The largest absolute Gasteiger partial charge is 0.422 e. The zero-order valence-corrected chi connectivity index (χ0v) is 18.1. The maximum absolute atomic E-state index is 15.1. The van der Waals surface area contributed by atoms with E-state index in [0.29, 0.717) is 0 Å². The van der Waals surface area contributed by atoms with Crippen LogP contribution in [0.4, 0.5) is 43.9 Å². The normalized spacial score (nSPS) is 12.1. The third kappa shape index (κ3) is 3.78. The highest BCUT2D eigenvalue weighted by molar-refractivity contribution is 6.21. The van der Waals surface area contributed by atoms with Crippen LogP contribution in [0, 0.1) is 40.7 Å². The number of alkyl halides is 3. The molecule has 0 saturated carbocycles. The zero-order chi connectivity index (χ0) is 26.8. The van der Waals surface area contributed by atoms with E-state index in [0.717, 1.165) is 30.3 Å². The Kier molecular flexibility index (Phi) is 5.65. The van der Waals surface area contributed by atoms with Gasteiger partial charge in [-0.05, 0) is 56.9 Å². The maximum atomic E-state index is 15.1. The quantitative estimate of drug-likeness (QED) is 0.123. The molecule has 0 nitrogen and oxygen atoms in total. The molecule has 0 spiro atoms. The molecule has 0 aromatic heterocycles. The van der Waals surface area contributed by atoms with Crippen molar-refractivity contribution in [3.05, 3.63) is 107 Å². The van der Waals surface area contributed by atoms with Crippen LogP contribution in [0.1, 0.15) is 5.56 Å². The third-order valence-electron chi connectivity index (χ3n) is 5.99. The Hall–Kier alpha value is -4.08. The summed E-state index contributed by atoms with van der Waals surface area (Å²) in [5, 5.41) is -0.366. The van der Waals surface area contributed by atoms with Gasteiger partial charge in [0.05, 0.1) is 5.56 Å².